The number of nitrogens with zero attached hydrogens (tertiary/aromatic N) is 1. The number of aliphatic carboxylic acids is 1. The first-order valence-electron chi connectivity index (χ1n) is 6.09. The number of carbonyl (C=O) groups is 1. The first kappa shape index (κ1) is 13.8. The van der Waals surface area contributed by atoms with Gasteiger partial charge in [-0.05, 0) is 50.8 Å². The van der Waals surface area contributed by atoms with Crippen LogP contribution in [0.4, 0.5) is 0 Å². The first-order valence-corrected chi connectivity index (χ1v) is 7.48. The summed E-state index contributed by atoms with van der Waals surface area (Å²) < 4.78 is 0. The van der Waals surface area contributed by atoms with Gasteiger partial charge in [-0.3, -0.25) is 4.79 Å². The number of likely N-dealkylation sites (tertiary alicyclic amines) is 1. The second-order valence-corrected chi connectivity index (χ2v) is 5.65. The van der Waals surface area contributed by atoms with Gasteiger partial charge in [0, 0.05) is 6.54 Å². The van der Waals surface area contributed by atoms with Gasteiger partial charge in [0.05, 0.1) is 5.41 Å². The molecular weight excluding hydrogens is 222 g/mol. The maximum absolute atomic E-state index is 11.4. The fourth-order valence-corrected chi connectivity index (χ4v) is 2.88. The zero-order chi connectivity index (χ0) is 12.0. The minimum Gasteiger partial charge on any atom is -0.481 e. The molecule has 1 unspecified atom stereocenters. The summed E-state index contributed by atoms with van der Waals surface area (Å²) in [6.07, 6.45) is 5.91. The highest BCUT2D eigenvalue weighted by Crippen LogP contribution is 2.33. The van der Waals surface area contributed by atoms with E-state index < -0.39 is 11.4 Å². The predicted octanol–water partition coefficient (Wildman–Crippen LogP) is 2.32. The Morgan fingerprint density at radius 2 is 2.31 bits per heavy atom. The third-order valence-electron chi connectivity index (χ3n) is 3.61. The Hall–Kier alpha value is -0.220. The van der Waals surface area contributed by atoms with E-state index in [0.717, 1.165) is 38.9 Å². The molecule has 1 heterocycles. The topological polar surface area (TPSA) is 40.5 Å². The largest absolute Gasteiger partial charge is 0.481 e. The van der Waals surface area contributed by atoms with Crippen molar-refractivity contribution in [3.05, 3.63) is 0 Å². The first-order chi connectivity index (χ1) is 7.64. The summed E-state index contributed by atoms with van der Waals surface area (Å²) in [6.45, 7) is 4.87. The Bertz CT molecular complexity index is 235. The van der Waals surface area contributed by atoms with Gasteiger partial charge in [-0.2, -0.15) is 11.8 Å². The quantitative estimate of drug-likeness (QED) is 0.729. The van der Waals surface area contributed by atoms with Crippen molar-refractivity contribution in [2.24, 2.45) is 5.41 Å². The van der Waals surface area contributed by atoms with Crippen LogP contribution in [-0.4, -0.2) is 47.6 Å². The van der Waals surface area contributed by atoms with Crippen molar-refractivity contribution in [1.82, 2.24) is 4.90 Å². The zero-order valence-electron chi connectivity index (χ0n) is 10.4. The second-order valence-electron chi connectivity index (χ2n) is 4.67. The molecule has 4 heteroatoms. The van der Waals surface area contributed by atoms with E-state index in [2.05, 4.69) is 11.2 Å². The number of carboxylic acid groups (broad SMARTS) is 1. The maximum Gasteiger partial charge on any atom is 0.310 e. The van der Waals surface area contributed by atoms with E-state index in [0.29, 0.717) is 0 Å². The SMILES string of the molecule is CCC1(C(=O)O)CCCN(CCCSC)C1. The average molecular weight is 245 g/mol. The fraction of sp³-hybridized carbons (Fsp3) is 0.917. The molecule has 1 aliphatic heterocycles. The third kappa shape index (κ3) is 3.39. The summed E-state index contributed by atoms with van der Waals surface area (Å²) in [6, 6.07) is 0. The standard InChI is InChI=1S/C12H23NO2S/c1-3-12(11(14)15)6-4-7-13(10-12)8-5-9-16-2/h3-10H2,1-2H3,(H,14,15). The van der Waals surface area contributed by atoms with Gasteiger partial charge < -0.3 is 10.0 Å². The normalized spacial score (nSPS) is 26.9. The molecule has 1 atom stereocenters. The van der Waals surface area contributed by atoms with E-state index in [-0.39, 0.29) is 0 Å². The minimum atomic E-state index is -0.607. The van der Waals surface area contributed by atoms with E-state index in [9.17, 15) is 9.90 Å². The molecule has 1 rings (SSSR count). The molecular formula is C12H23NO2S. The van der Waals surface area contributed by atoms with Crippen molar-refractivity contribution in [2.75, 3.05) is 31.6 Å². The minimum absolute atomic E-state index is 0.475. The van der Waals surface area contributed by atoms with E-state index >= 15 is 0 Å². The molecule has 0 radical (unpaired) electrons. The number of thioether (sulfide) groups is 1. The molecule has 1 aliphatic rings. The zero-order valence-corrected chi connectivity index (χ0v) is 11.2. The number of rotatable bonds is 6. The smallest absolute Gasteiger partial charge is 0.310 e. The van der Waals surface area contributed by atoms with Crippen LogP contribution >= 0.6 is 11.8 Å². The molecule has 0 aromatic carbocycles. The predicted molar refractivity (Wildman–Crippen MR) is 69.0 cm³/mol. The summed E-state index contributed by atoms with van der Waals surface area (Å²) in [7, 11) is 0. The van der Waals surface area contributed by atoms with Crippen LogP contribution in [0.15, 0.2) is 0 Å². The average Bonchev–Trinajstić information content (AvgIpc) is 2.29. The van der Waals surface area contributed by atoms with Crippen LogP contribution in [0.1, 0.15) is 32.6 Å². The molecule has 0 aromatic rings. The lowest BCUT2D eigenvalue weighted by Gasteiger charge is -2.39. The second kappa shape index (κ2) is 6.50. The molecule has 1 N–H and O–H groups in total. The van der Waals surface area contributed by atoms with Crippen LogP contribution in [0.2, 0.25) is 0 Å². The van der Waals surface area contributed by atoms with Crippen LogP contribution in [0.3, 0.4) is 0 Å². The Labute approximate surface area is 103 Å². The fourth-order valence-electron chi connectivity index (χ4n) is 2.46. The van der Waals surface area contributed by atoms with Gasteiger partial charge in [0.15, 0.2) is 0 Å². The third-order valence-corrected chi connectivity index (χ3v) is 4.31. The van der Waals surface area contributed by atoms with Gasteiger partial charge in [0.2, 0.25) is 0 Å². The molecule has 0 saturated carbocycles. The van der Waals surface area contributed by atoms with Crippen LogP contribution < -0.4 is 0 Å². The van der Waals surface area contributed by atoms with Crippen molar-refractivity contribution in [2.45, 2.75) is 32.6 Å². The van der Waals surface area contributed by atoms with Gasteiger partial charge in [-0.15, -0.1) is 0 Å². The lowest BCUT2D eigenvalue weighted by Crippen LogP contribution is -2.47. The van der Waals surface area contributed by atoms with E-state index in [1.807, 2.05) is 18.7 Å². The van der Waals surface area contributed by atoms with Crippen molar-refractivity contribution in [1.29, 1.82) is 0 Å². The summed E-state index contributed by atoms with van der Waals surface area (Å²) in [5.41, 5.74) is -0.475. The Balaban J connectivity index is 2.48. The van der Waals surface area contributed by atoms with Crippen LogP contribution in [0.25, 0.3) is 0 Å². The summed E-state index contributed by atoms with van der Waals surface area (Å²) in [4.78, 5) is 13.7. The van der Waals surface area contributed by atoms with Crippen LogP contribution in [0.5, 0.6) is 0 Å². The summed E-state index contributed by atoms with van der Waals surface area (Å²) in [5, 5.41) is 9.35. The van der Waals surface area contributed by atoms with Crippen LogP contribution in [0, 0.1) is 5.41 Å². The Kier molecular flexibility index (Phi) is 5.62. The Morgan fingerprint density at radius 1 is 1.56 bits per heavy atom. The van der Waals surface area contributed by atoms with Gasteiger partial charge in [-0.25, -0.2) is 0 Å². The molecule has 0 aliphatic carbocycles. The highest BCUT2D eigenvalue weighted by Gasteiger charge is 2.40. The molecule has 16 heavy (non-hydrogen) atoms. The van der Waals surface area contributed by atoms with E-state index in [1.165, 1.54) is 12.2 Å². The number of hydrogen-bond acceptors (Lipinski definition) is 3. The van der Waals surface area contributed by atoms with E-state index in [1.54, 1.807) is 0 Å². The molecule has 1 fully saturated rings. The Morgan fingerprint density at radius 3 is 2.88 bits per heavy atom. The molecule has 94 valence electrons. The molecule has 0 bridgehead atoms. The highest BCUT2D eigenvalue weighted by atomic mass is 32.2. The van der Waals surface area contributed by atoms with Gasteiger partial charge >= 0.3 is 5.97 Å². The van der Waals surface area contributed by atoms with Crippen LogP contribution in [-0.2, 0) is 4.79 Å². The number of carboxylic acids is 1. The molecule has 0 spiro atoms. The number of piperidine rings is 1. The van der Waals surface area contributed by atoms with E-state index in [4.69, 9.17) is 0 Å². The summed E-state index contributed by atoms with van der Waals surface area (Å²) >= 11 is 1.86. The molecule has 0 amide bonds. The highest BCUT2D eigenvalue weighted by molar-refractivity contribution is 7.98. The van der Waals surface area contributed by atoms with Gasteiger partial charge in [0.1, 0.15) is 0 Å². The number of hydrogen-bond donors (Lipinski definition) is 1. The lowest BCUT2D eigenvalue weighted by atomic mass is 9.77. The lowest BCUT2D eigenvalue weighted by molar-refractivity contribution is -0.152. The van der Waals surface area contributed by atoms with Gasteiger partial charge in [-0.1, -0.05) is 6.92 Å². The monoisotopic (exact) mass is 245 g/mol. The van der Waals surface area contributed by atoms with Crippen molar-refractivity contribution in [3.8, 4) is 0 Å². The molecule has 0 aromatic heterocycles. The van der Waals surface area contributed by atoms with Crippen molar-refractivity contribution < 1.29 is 9.90 Å². The molecule has 1 saturated heterocycles. The maximum atomic E-state index is 11.4. The van der Waals surface area contributed by atoms with Crippen molar-refractivity contribution >= 4 is 17.7 Å². The summed E-state index contributed by atoms with van der Waals surface area (Å²) in [5.74, 6) is 0.562. The van der Waals surface area contributed by atoms with Crippen molar-refractivity contribution in [3.63, 3.8) is 0 Å². The van der Waals surface area contributed by atoms with Gasteiger partial charge in [0.25, 0.3) is 0 Å². The molecule has 3 nitrogen and oxygen atoms in total.